The summed E-state index contributed by atoms with van der Waals surface area (Å²) in [5.74, 6) is 2.22. The lowest BCUT2D eigenvalue weighted by atomic mass is 10.2. The Kier molecular flexibility index (Phi) is 6.00. The minimum absolute atomic E-state index is 0.194. The highest BCUT2D eigenvalue weighted by molar-refractivity contribution is 9.10. The van der Waals surface area contributed by atoms with Crippen molar-refractivity contribution in [3.05, 3.63) is 46.6 Å². The molecule has 1 aromatic carbocycles. The lowest BCUT2D eigenvalue weighted by Crippen LogP contribution is -2.15. The molecular weight excluding hydrogens is 420 g/mol. The van der Waals surface area contributed by atoms with E-state index >= 15 is 0 Å². The number of primary amides is 1. The van der Waals surface area contributed by atoms with E-state index in [0.717, 1.165) is 15.8 Å². The van der Waals surface area contributed by atoms with Gasteiger partial charge in [-0.1, -0.05) is 27.7 Å². The van der Waals surface area contributed by atoms with E-state index < -0.39 is 0 Å². The van der Waals surface area contributed by atoms with Crippen LogP contribution in [0.4, 0.5) is 0 Å². The summed E-state index contributed by atoms with van der Waals surface area (Å²) in [7, 11) is 1.64. The fourth-order valence-electron chi connectivity index (χ4n) is 2.41. The quantitative estimate of drug-likeness (QED) is 0.542. The van der Waals surface area contributed by atoms with Gasteiger partial charge in [0.05, 0.1) is 13.4 Å². The van der Waals surface area contributed by atoms with Crippen LogP contribution in [0.2, 0.25) is 0 Å². The summed E-state index contributed by atoms with van der Waals surface area (Å²) < 4.78 is 13.6. The first-order chi connectivity index (χ1) is 12.6. The van der Waals surface area contributed by atoms with Gasteiger partial charge in [0.1, 0.15) is 5.75 Å². The molecular formula is C17H17BrN4O3S. The number of ether oxygens (including phenoxy) is 1. The molecule has 2 heterocycles. The van der Waals surface area contributed by atoms with E-state index in [-0.39, 0.29) is 12.3 Å². The van der Waals surface area contributed by atoms with Crippen molar-refractivity contribution in [3.8, 4) is 17.3 Å². The molecule has 0 aliphatic heterocycles. The summed E-state index contributed by atoms with van der Waals surface area (Å²) in [5, 5.41) is 9.15. The third-order valence-corrected chi connectivity index (χ3v) is 5.15. The molecule has 0 spiro atoms. The van der Waals surface area contributed by atoms with Crippen LogP contribution in [0.3, 0.4) is 0 Å². The second kappa shape index (κ2) is 8.41. The molecule has 0 radical (unpaired) electrons. The zero-order chi connectivity index (χ0) is 18.5. The van der Waals surface area contributed by atoms with Crippen LogP contribution in [-0.2, 0) is 17.1 Å². The molecule has 0 unspecified atom stereocenters. The molecule has 0 aliphatic carbocycles. The zero-order valence-electron chi connectivity index (χ0n) is 14.0. The molecule has 0 saturated carbocycles. The molecule has 136 valence electrons. The predicted molar refractivity (Wildman–Crippen MR) is 102 cm³/mol. The van der Waals surface area contributed by atoms with Gasteiger partial charge in [-0.15, -0.1) is 10.2 Å². The van der Waals surface area contributed by atoms with Crippen LogP contribution in [0.15, 0.2) is 50.6 Å². The number of carbonyl (C=O) groups excluding carboxylic acids is 1. The molecule has 0 bridgehead atoms. The summed E-state index contributed by atoms with van der Waals surface area (Å²) in [6, 6.07) is 9.42. The van der Waals surface area contributed by atoms with Crippen molar-refractivity contribution in [2.75, 3.05) is 7.11 Å². The van der Waals surface area contributed by atoms with Gasteiger partial charge in [-0.2, -0.15) is 0 Å². The molecule has 2 aromatic heterocycles. The van der Waals surface area contributed by atoms with E-state index in [9.17, 15) is 4.79 Å². The second-order valence-corrected chi connectivity index (χ2v) is 7.25. The monoisotopic (exact) mass is 436 g/mol. The molecule has 0 atom stereocenters. The van der Waals surface area contributed by atoms with Gasteiger partial charge in [0, 0.05) is 28.8 Å². The minimum Gasteiger partial charge on any atom is -0.496 e. The Balaban J connectivity index is 1.85. The number of thioether (sulfide) groups is 1. The first-order valence-corrected chi connectivity index (χ1v) is 9.57. The van der Waals surface area contributed by atoms with Crippen molar-refractivity contribution < 1.29 is 13.9 Å². The maximum Gasteiger partial charge on any atom is 0.219 e. The summed E-state index contributed by atoms with van der Waals surface area (Å²) in [6.07, 6.45) is 1.77. The molecule has 7 nitrogen and oxygen atoms in total. The van der Waals surface area contributed by atoms with Crippen LogP contribution in [0.5, 0.6) is 5.75 Å². The van der Waals surface area contributed by atoms with Gasteiger partial charge >= 0.3 is 0 Å². The predicted octanol–water partition coefficient (Wildman–Crippen LogP) is 3.48. The minimum atomic E-state index is -0.381. The maximum atomic E-state index is 11.2. The fourth-order valence-corrected chi connectivity index (χ4v) is 3.76. The van der Waals surface area contributed by atoms with Crippen LogP contribution >= 0.6 is 27.7 Å². The van der Waals surface area contributed by atoms with Gasteiger partial charge < -0.3 is 14.9 Å². The number of hydrogen-bond acceptors (Lipinski definition) is 6. The Bertz CT molecular complexity index is 896. The molecule has 3 aromatic rings. The van der Waals surface area contributed by atoms with Crippen LogP contribution in [0, 0.1) is 0 Å². The van der Waals surface area contributed by atoms with E-state index in [1.165, 1.54) is 11.8 Å². The highest BCUT2D eigenvalue weighted by Gasteiger charge is 2.17. The van der Waals surface area contributed by atoms with Crippen molar-refractivity contribution in [2.24, 2.45) is 5.73 Å². The van der Waals surface area contributed by atoms with Gasteiger partial charge in [-0.3, -0.25) is 9.36 Å². The molecule has 3 rings (SSSR count). The summed E-state index contributed by atoms with van der Waals surface area (Å²) in [4.78, 5) is 11.2. The number of rotatable bonds is 8. The lowest BCUT2D eigenvalue weighted by Gasteiger charge is -2.10. The van der Waals surface area contributed by atoms with Crippen molar-refractivity contribution in [1.29, 1.82) is 0 Å². The Labute approximate surface area is 163 Å². The molecule has 9 heteroatoms. The number of benzene rings is 1. The van der Waals surface area contributed by atoms with Crippen LogP contribution in [0.25, 0.3) is 11.6 Å². The molecule has 0 saturated heterocycles. The third kappa shape index (κ3) is 4.28. The Morgan fingerprint density at radius 2 is 2.23 bits per heavy atom. The normalized spacial score (nSPS) is 10.8. The summed E-state index contributed by atoms with van der Waals surface area (Å²) in [6.45, 7) is 0.385. The van der Waals surface area contributed by atoms with E-state index in [0.29, 0.717) is 29.0 Å². The number of aromatic nitrogens is 3. The summed E-state index contributed by atoms with van der Waals surface area (Å²) >= 11 is 4.98. The largest absolute Gasteiger partial charge is 0.496 e. The topological polar surface area (TPSA) is 96.2 Å². The van der Waals surface area contributed by atoms with Gasteiger partial charge in [-0.25, -0.2) is 0 Å². The standard InChI is InChI=1S/C17H17BrN4O3S/c1-24-13-5-4-12(18)9-11(13)10-26-17-21-20-16(14-3-2-8-25-14)22(17)7-6-15(19)23/h2-5,8-9H,6-7,10H2,1H3,(H2,19,23). The average Bonchev–Trinajstić information content (AvgIpc) is 3.27. The van der Waals surface area contributed by atoms with Crippen molar-refractivity contribution in [1.82, 2.24) is 14.8 Å². The van der Waals surface area contributed by atoms with E-state index in [4.69, 9.17) is 14.9 Å². The number of carbonyl (C=O) groups is 1. The van der Waals surface area contributed by atoms with Gasteiger partial charge in [0.15, 0.2) is 16.7 Å². The summed E-state index contributed by atoms with van der Waals surface area (Å²) in [5.41, 5.74) is 6.33. The Morgan fingerprint density at radius 1 is 1.38 bits per heavy atom. The number of furan rings is 1. The molecule has 1 amide bonds. The molecule has 0 fully saturated rings. The van der Waals surface area contributed by atoms with E-state index in [2.05, 4.69) is 26.1 Å². The highest BCUT2D eigenvalue weighted by atomic mass is 79.9. The first kappa shape index (κ1) is 18.5. The number of halogens is 1. The van der Waals surface area contributed by atoms with Gasteiger partial charge in [-0.05, 0) is 30.3 Å². The van der Waals surface area contributed by atoms with Crippen LogP contribution < -0.4 is 10.5 Å². The number of nitrogens with zero attached hydrogens (tertiary/aromatic N) is 3. The maximum absolute atomic E-state index is 11.2. The average molecular weight is 437 g/mol. The van der Waals surface area contributed by atoms with Gasteiger partial charge in [0.25, 0.3) is 0 Å². The lowest BCUT2D eigenvalue weighted by molar-refractivity contribution is -0.118. The number of methoxy groups -OCH3 is 1. The number of nitrogens with two attached hydrogens (primary N) is 1. The third-order valence-electron chi connectivity index (χ3n) is 3.64. The number of hydrogen-bond donors (Lipinski definition) is 1. The second-order valence-electron chi connectivity index (χ2n) is 5.40. The zero-order valence-corrected chi connectivity index (χ0v) is 16.4. The molecule has 26 heavy (non-hydrogen) atoms. The highest BCUT2D eigenvalue weighted by Crippen LogP contribution is 2.31. The first-order valence-electron chi connectivity index (χ1n) is 7.79. The van der Waals surface area contributed by atoms with Crippen molar-refractivity contribution in [3.63, 3.8) is 0 Å². The smallest absolute Gasteiger partial charge is 0.219 e. The van der Waals surface area contributed by atoms with E-state index in [1.54, 1.807) is 25.5 Å². The number of amides is 1. The fraction of sp³-hybridized carbons (Fsp3) is 0.235. The molecule has 0 aliphatic rings. The van der Waals surface area contributed by atoms with Crippen LogP contribution in [-0.4, -0.2) is 27.8 Å². The van der Waals surface area contributed by atoms with Gasteiger partial charge in [0.2, 0.25) is 5.91 Å². The molecule has 2 N–H and O–H groups in total. The van der Waals surface area contributed by atoms with Crippen molar-refractivity contribution in [2.45, 2.75) is 23.9 Å². The van der Waals surface area contributed by atoms with Crippen molar-refractivity contribution >= 4 is 33.6 Å². The van der Waals surface area contributed by atoms with E-state index in [1.807, 2.05) is 22.8 Å². The Morgan fingerprint density at radius 3 is 2.92 bits per heavy atom. The SMILES string of the molecule is COc1ccc(Br)cc1CSc1nnc(-c2ccco2)n1CCC(N)=O. The van der Waals surface area contributed by atoms with Crippen LogP contribution in [0.1, 0.15) is 12.0 Å². The Hall–Kier alpha value is -2.26.